The van der Waals surface area contributed by atoms with Crippen LogP contribution in [0, 0.1) is 17.8 Å². The van der Waals surface area contributed by atoms with Crippen LogP contribution in [0.4, 0.5) is 4.39 Å². The first-order valence-electron chi connectivity index (χ1n) is 10.3. The second-order valence-electron chi connectivity index (χ2n) is 8.80. The smallest absolute Gasteiger partial charge is 0.241 e. The van der Waals surface area contributed by atoms with Gasteiger partial charge in [-0.1, -0.05) is 0 Å². The molecule has 6 atom stereocenters. The molecule has 3 N–H and O–H groups in total. The number of likely N-dealkylation sites (tertiary alicyclic amines) is 1. The zero-order chi connectivity index (χ0) is 22.1. The van der Waals surface area contributed by atoms with Crippen LogP contribution in [0.3, 0.4) is 0 Å². The van der Waals surface area contributed by atoms with Crippen LogP contribution in [0.25, 0.3) is 0 Å². The van der Waals surface area contributed by atoms with E-state index < -0.39 is 33.4 Å². The van der Waals surface area contributed by atoms with Crippen molar-refractivity contribution in [1.82, 2.24) is 25.4 Å². The molecule has 2 amide bonds. The van der Waals surface area contributed by atoms with Crippen molar-refractivity contribution in [2.24, 2.45) is 17.8 Å². The number of carbonyl (C=O) groups excluding carboxylic acids is 2. The first-order valence-corrected chi connectivity index (χ1v) is 12.4. The van der Waals surface area contributed by atoms with Crippen LogP contribution in [-0.2, 0) is 19.6 Å². The molecule has 1 aliphatic carbocycles. The highest BCUT2D eigenvalue weighted by Gasteiger charge is 2.44. The Hall–Kier alpha value is -1.01. The lowest BCUT2D eigenvalue weighted by atomic mass is 9.76. The fourth-order valence-electron chi connectivity index (χ4n) is 4.68. The zero-order valence-corrected chi connectivity index (χ0v) is 18.9. The molecule has 0 radical (unpaired) electrons. The number of hydrogen-bond acceptors (Lipinski definition) is 6. The van der Waals surface area contributed by atoms with E-state index in [0.717, 1.165) is 13.2 Å². The fraction of sp³-hybridized carbons (Fsp3) is 0.889. The van der Waals surface area contributed by atoms with E-state index in [1.54, 1.807) is 4.90 Å². The highest BCUT2D eigenvalue weighted by atomic mass is 35.5. The number of alkyl halides is 2. The van der Waals surface area contributed by atoms with E-state index in [1.165, 1.54) is 6.92 Å². The third-order valence-electron chi connectivity index (χ3n) is 6.37. The van der Waals surface area contributed by atoms with Gasteiger partial charge < -0.3 is 4.90 Å². The molecule has 0 aromatic rings. The number of hydrazine groups is 1. The van der Waals surface area contributed by atoms with Crippen molar-refractivity contribution in [1.29, 1.82) is 0 Å². The number of halogens is 2. The number of nitrogens with one attached hydrogen (secondary N) is 3. The Bertz CT molecular complexity index is 757. The molecular formula is C18H31ClFN5O4S. The van der Waals surface area contributed by atoms with Gasteiger partial charge in [0.1, 0.15) is 6.17 Å². The maximum absolute atomic E-state index is 14.7. The molecule has 2 saturated heterocycles. The summed E-state index contributed by atoms with van der Waals surface area (Å²) >= 11 is 6.19. The number of hydrogen-bond donors (Lipinski definition) is 3. The summed E-state index contributed by atoms with van der Waals surface area (Å²) in [6.45, 7) is 3.87. The number of likely N-dealkylation sites (N-methyl/N-ethyl adjacent to an activating group) is 1. The summed E-state index contributed by atoms with van der Waals surface area (Å²) in [6, 6.07) is 0.127. The van der Waals surface area contributed by atoms with Gasteiger partial charge >= 0.3 is 0 Å². The zero-order valence-electron chi connectivity index (χ0n) is 17.3. The third-order valence-corrected chi connectivity index (χ3v) is 8.11. The number of carbonyl (C=O) groups is 2. The highest BCUT2D eigenvalue weighted by Crippen LogP contribution is 2.37. The molecule has 2 aliphatic heterocycles. The van der Waals surface area contributed by atoms with Gasteiger partial charge in [0.25, 0.3) is 0 Å². The first kappa shape index (κ1) is 23.6. The number of sulfonamides is 1. The molecule has 0 aromatic carbocycles. The molecule has 0 aromatic heterocycles. The highest BCUT2D eigenvalue weighted by molar-refractivity contribution is 7.89. The quantitative estimate of drug-likeness (QED) is 0.363. The van der Waals surface area contributed by atoms with E-state index in [4.69, 9.17) is 11.6 Å². The Kier molecular flexibility index (Phi) is 7.60. The second kappa shape index (κ2) is 9.64. The van der Waals surface area contributed by atoms with Crippen LogP contribution in [0.5, 0.6) is 0 Å². The van der Waals surface area contributed by atoms with Crippen LogP contribution < -0.4 is 15.6 Å². The Labute approximate surface area is 182 Å². The van der Waals surface area contributed by atoms with Gasteiger partial charge in [-0.05, 0) is 38.1 Å². The topological polar surface area (TPSA) is 111 Å². The Balaban J connectivity index is 1.53. The molecule has 2 heterocycles. The predicted molar refractivity (Wildman–Crippen MR) is 111 cm³/mol. The molecule has 9 nitrogen and oxygen atoms in total. The first-order chi connectivity index (χ1) is 14.1. The van der Waals surface area contributed by atoms with Crippen molar-refractivity contribution in [2.75, 3.05) is 39.1 Å². The Morgan fingerprint density at radius 3 is 2.60 bits per heavy atom. The molecule has 6 unspecified atom stereocenters. The second-order valence-corrected chi connectivity index (χ2v) is 11.1. The molecule has 3 fully saturated rings. The summed E-state index contributed by atoms with van der Waals surface area (Å²) in [5, 5.41) is 2.56. The molecule has 172 valence electrons. The minimum absolute atomic E-state index is 0.0351. The summed E-state index contributed by atoms with van der Waals surface area (Å²) in [4.78, 5) is 29.8. The molecule has 1 saturated carbocycles. The minimum Gasteiger partial charge on any atom is -0.343 e. The largest absolute Gasteiger partial charge is 0.343 e. The lowest BCUT2D eigenvalue weighted by Crippen LogP contribution is -2.52. The standard InChI is InChI=1S/C18H31ClFN5O4S/c1-11(26)25-4-3-12(7-25)9-30(28,29)23-22-18(27)14-5-13(6-15(19)17(14)20)16-8-24(2)10-21-16/h12-17,21,23H,3-10H2,1-2H3,(H,22,27). The predicted octanol–water partition coefficient (Wildman–Crippen LogP) is -0.362. The Morgan fingerprint density at radius 1 is 1.27 bits per heavy atom. The molecule has 3 rings (SSSR count). The van der Waals surface area contributed by atoms with Gasteiger partial charge in [-0.2, -0.15) is 0 Å². The van der Waals surface area contributed by atoms with E-state index in [1.807, 2.05) is 7.05 Å². The number of nitrogens with zero attached hydrogens (tertiary/aromatic N) is 2. The summed E-state index contributed by atoms with van der Waals surface area (Å²) in [7, 11) is -1.83. The van der Waals surface area contributed by atoms with E-state index >= 15 is 0 Å². The van der Waals surface area contributed by atoms with Crippen LogP contribution in [0.15, 0.2) is 0 Å². The average molecular weight is 468 g/mol. The van der Waals surface area contributed by atoms with Crippen molar-refractivity contribution < 1.29 is 22.4 Å². The van der Waals surface area contributed by atoms with E-state index in [9.17, 15) is 22.4 Å². The lowest BCUT2D eigenvalue weighted by Gasteiger charge is -2.37. The summed E-state index contributed by atoms with van der Waals surface area (Å²) in [5.41, 5.74) is 2.18. The van der Waals surface area contributed by atoms with Crippen molar-refractivity contribution in [3.63, 3.8) is 0 Å². The maximum Gasteiger partial charge on any atom is 0.241 e. The summed E-state index contributed by atoms with van der Waals surface area (Å²) in [6.07, 6.45) is -0.176. The van der Waals surface area contributed by atoms with E-state index in [-0.39, 0.29) is 29.5 Å². The molecular weight excluding hydrogens is 437 g/mol. The monoisotopic (exact) mass is 467 g/mol. The van der Waals surface area contributed by atoms with Gasteiger partial charge in [-0.3, -0.25) is 25.2 Å². The van der Waals surface area contributed by atoms with Gasteiger partial charge in [-0.15, -0.1) is 16.4 Å². The van der Waals surface area contributed by atoms with Crippen LogP contribution in [0.1, 0.15) is 26.2 Å². The number of rotatable bonds is 6. The van der Waals surface area contributed by atoms with Crippen molar-refractivity contribution in [2.45, 2.75) is 43.8 Å². The molecule has 0 spiro atoms. The minimum atomic E-state index is -3.81. The molecule has 3 aliphatic rings. The van der Waals surface area contributed by atoms with Crippen LogP contribution in [0.2, 0.25) is 0 Å². The average Bonchev–Trinajstić information content (AvgIpc) is 3.31. The molecule has 12 heteroatoms. The summed E-state index contributed by atoms with van der Waals surface area (Å²) < 4.78 is 39.3. The van der Waals surface area contributed by atoms with Crippen molar-refractivity contribution >= 4 is 33.4 Å². The van der Waals surface area contributed by atoms with Crippen molar-refractivity contribution in [3.05, 3.63) is 0 Å². The van der Waals surface area contributed by atoms with E-state index in [2.05, 4.69) is 20.5 Å². The SMILES string of the molecule is CC(=O)N1CCC(CS(=O)(=O)NNC(=O)C2CC(C3CN(C)CN3)CC(Cl)C2F)C1. The van der Waals surface area contributed by atoms with Gasteiger partial charge in [-0.25, -0.2) is 12.8 Å². The lowest BCUT2D eigenvalue weighted by molar-refractivity contribution is -0.129. The normalized spacial score (nSPS) is 35.5. The third kappa shape index (κ3) is 5.82. The number of amides is 2. The van der Waals surface area contributed by atoms with Gasteiger partial charge in [0, 0.05) is 39.3 Å². The molecule has 0 bridgehead atoms. The van der Waals surface area contributed by atoms with Crippen LogP contribution in [-0.4, -0.2) is 86.7 Å². The maximum atomic E-state index is 14.7. The van der Waals surface area contributed by atoms with Crippen molar-refractivity contribution in [3.8, 4) is 0 Å². The van der Waals surface area contributed by atoms with E-state index in [0.29, 0.717) is 32.4 Å². The summed E-state index contributed by atoms with van der Waals surface area (Å²) in [5.74, 6) is -2.18. The molecule has 30 heavy (non-hydrogen) atoms. The fourth-order valence-corrected chi connectivity index (χ4v) is 6.32. The van der Waals surface area contributed by atoms with Gasteiger partial charge in [0.15, 0.2) is 0 Å². The van der Waals surface area contributed by atoms with Gasteiger partial charge in [0.2, 0.25) is 21.8 Å². The van der Waals surface area contributed by atoms with Gasteiger partial charge in [0.05, 0.1) is 17.0 Å². The Morgan fingerprint density at radius 2 is 2.00 bits per heavy atom. The van der Waals surface area contributed by atoms with Crippen LogP contribution >= 0.6 is 11.6 Å².